The molecule has 1 heterocycles. The molecule has 0 fully saturated rings. The first-order valence-corrected chi connectivity index (χ1v) is 7.20. The van der Waals surface area contributed by atoms with Gasteiger partial charge < -0.3 is 19.3 Å². The van der Waals surface area contributed by atoms with Crippen molar-refractivity contribution in [3.05, 3.63) is 53.3 Å². The number of allylic oxidation sites excluding steroid dienone is 1. The number of ether oxygens (including phenoxy) is 3. The van der Waals surface area contributed by atoms with Crippen molar-refractivity contribution < 1.29 is 24.1 Å². The van der Waals surface area contributed by atoms with Crippen molar-refractivity contribution in [3.63, 3.8) is 0 Å². The highest BCUT2D eigenvalue weighted by Crippen LogP contribution is 2.35. The molecule has 0 unspecified atom stereocenters. The Morgan fingerprint density at radius 1 is 1.17 bits per heavy atom. The minimum Gasteiger partial charge on any atom is -0.508 e. The topological polar surface area (TPSA) is 65.0 Å². The van der Waals surface area contributed by atoms with Crippen molar-refractivity contribution in [2.24, 2.45) is 0 Å². The summed E-state index contributed by atoms with van der Waals surface area (Å²) in [6.07, 6.45) is 1.64. The molecule has 118 valence electrons. The van der Waals surface area contributed by atoms with E-state index in [4.69, 9.17) is 14.2 Å². The highest BCUT2D eigenvalue weighted by atomic mass is 16.5. The number of rotatable bonds is 4. The molecule has 0 radical (unpaired) electrons. The molecule has 1 aliphatic rings. The predicted molar refractivity (Wildman–Crippen MR) is 85.2 cm³/mol. The summed E-state index contributed by atoms with van der Waals surface area (Å²) < 4.78 is 16.3. The molecule has 0 atom stereocenters. The lowest BCUT2D eigenvalue weighted by Gasteiger charge is -2.09. The van der Waals surface area contributed by atoms with Crippen LogP contribution in [0.4, 0.5) is 0 Å². The molecule has 0 amide bonds. The quantitative estimate of drug-likeness (QED) is 0.876. The van der Waals surface area contributed by atoms with Crippen molar-refractivity contribution in [1.82, 2.24) is 0 Å². The first-order chi connectivity index (χ1) is 11.1. The lowest BCUT2D eigenvalue weighted by molar-refractivity contribution is 0.101. The third-order valence-corrected chi connectivity index (χ3v) is 3.44. The van der Waals surface area contributed by atoms with Crippen LogP contribution in [-0.4, -0.2) is 24.6 Å². The Morgan fingerprint density at radius 3 is 2.74 bits per heavy atom. The van der Waals surface area contributed by atoms with Gasteiger partial charge in [-0.05, 0) is 42.8 Å². The van der Waals surface area contributed by atoms with Crippen LogP contribution >= 0.6 is 0 Å². The number of hydrogen-bond donors (Lipinski definition) is 1. The number of ketones is 1. The molecule has 23 heavy (non-hydrogen) atoms. The van der Waals surface area contributed by atoms with E-state index in [1.807, 2.05) is 13.0 Å². The second-order valence-corrected chi connectivity index (χ2v) is 4.96. The number of aromatic hydroxyl groups is 1. The van der Waals surface area contributed by atoms with E-state index < -0.39 is 0 Å². The van der Waals surface area contributed by atoms with E-state index in [-0.39, 0.29) is 17.3 Å². The van der Waals surface area contributed by atoms with Gasteiger partial charge in [0, 0.05) is 6.07 Å². The molecule has 2 aromatic carbocycles. The van der Waals surface area contributed by atoms with Gasteiger partial charge in [-0.3, -0.25) is 4.79 Å². The zero-order chi connectivity index (χ0) is 16.4. The number of phenols is 1. The van der Waals surface area contributed by atoms with Crippen LogP contribution in [0.5, 0.6) is 23.0 Å². The fourth-order valence-electron chi connectivity index (χ4n) is 2.38. The van der Waals surface area contributed by atoms with Gasteiger partial charge in [0.2, 0.25) is 5.78 Å². The van der Waals surface area contributed by atoms with Gasteiger partial charge in [-0.15, -0.1) is 0 Å². The summed E-state index contributed by atoms with van der Waals surface area (Å²) in [5, 5.41) is 9.47. The summed E-state index contributed by atoms with van der Waals surface area (Å²) in [5.74, 6) is 1.64. The zero-order valence-electron chi connectivity index (χ0n) is 12.8. The van der Waals surface area contributed by atoms with Gasteiger partial charge in [0.25, 0.3) is 0 Å². The largest absolute Gasteiger partial charge is 0.508 e. The minimum atomic E-state index is -0.214. The van der Waals surface area contributed by atoms with Crippen LogP contribution < -0.4 is 14.2 Å². The fourth-order valence-corrected chi connectivity index (χ4v) is 2.38. The van der Waals surface area contributed by atoms with Crippen molar-refractivity contribution in [3.8, 4) is 23.0 Å². The molecular formula is C18H16O5. The van der Waals surface area contributed by atoms with E-state index in [9.17, 15) is 9.90 Å². The molecule has 0 aromatic heterocycles. The van der Waals surface area contributed by atoms with Crippen LogP contribution in [0.2, 0.25) is 0 Å². The summed E-state index contributed by atoms with van der Waals surface area (Å²) in [4.78, 5) is 12.3. The molecule has 0 spiro atoms. The highest BCUT2D eigenvalue weighted by Gasteiger charge is 2.27. The standard InChI is InChI=1S/C18H16O5/c1-3-22-16-8-11(4-7-14(16)21-2)9-17-18(20)13-6-5-12(19)10-15(13)23-17/h4-10,19H,3H2,1-2H3. The highest BCUT2D eigenvalue weighted by molar-refractivity contribution is 6.14. The Kier molecular flexibility index (Phi) is 3.93. The summed E-state index contributed by atoms with van der Waals surface area (Å²) in [6.45, 7) is 2.40. The van der Waals surface area contributed by atoms with E-state index in [2.05, 4.69) is 0 Å². The number of phenolic OH excluding ortho intramolecular Hbond substituents is 1. The molecule has 1 N–H and O–H groups in total. The van der Waals surface area contributed by atoms with E-state index >= 15 is 0 Å². The normalized spacial score (nSPS) is 14.5. The molecule has 5 heteroatoms. The Balaban J connectivity index is 1.94. The van der Waals surface area contributed by atoms with Crippen LogP contribution in [0.25, 0.3) is 6.08 Å². The molecule has 0 saturated carbocycles. The summed E-state index contributed by atoms with van der Waals surface area (Å²) >= 11 is 0. The van der Waals surface area contributed by atoms with Gasteiger partial charge in [-0.1, -0.05) is 6.07 Å². The van der Waals surface area contributed by atoms with Crippen molar-refractivity contribution in [2.75, 3.05) is 13.7 Å². The van der Waals surface area contributed by atoms with Crippen molar-refractivity contribution >= 4 is 11.9 Å². The molecule has 1 aliphatic heterocycles. The summed E-state index contributed by atoms with van der Waals surface area (Å²) in [7, 11) is 1.57. The molecule has 0 saturated heterocycles. The lowest BCUT2D eigenvalue weighted by Crippen LogP contribution is -1.99. The van der Waals surface area contributed by atoms with Gasteiger partial charge in [0.05, 0.1) is 19.3 Å². The van der Waals surface area contributed by atoms with Crippen LogP contribution in [0.1, 0.15) is 22.8 Å². The smallest absolute Gasteiger partial charge is 0.231 e. The second kappa shape index (κ2) is 6.04. The maximum absolute atomic E-state index is 12.3. The van der Waals surface area contributed by atoms with E-state index in [1.165, 1.54) is 12.1 Å². The zero-order valence-corrected chi connectivity index (χ0v) is 12.8. The fraction of sp³-hybridized carbons (Fsp3) is 0.167. The Morgan fingerprint density at radius 2 is 2.00 bits per heavy atom. The van der Waals surface area contributed by atoms with Crippen molar-refractivity contribution in [2.45, 2.75) is 6.92 Å². The maximum atomic E-state index is 12.3. The number of carbonyl (C=O) groups is 1. The van der Waals surface area contributed by atoms with Gasteiger partial charge in [-0.2, -0.15) is 0 Å². The van der Waals surface area contributed by atoms with E-state index in [0.29, 0.717) is 29.4 Å². The van der Waals surface area contributed by atoms with Crippen molar-refractivity contribution in [1.29, 1.82) is 0 Å². The number of fused-ring (bicyclic) bond motifs is 1. The molecule has 3 rings (SSSR count). The van der Waals surface area contributed by atoms with Gasteiger partial charge in [-0.25, -0.2) is 0 Å². The van der Waals surface area contributed by atoms with Crippen LogP contribution in [0.15, 0.2) is 42.2 Å². The molecule has 5 nitrogen and oxygen atoms in total. The molecule has 0 aliphatic carbocycles. The Hall–Kier alpha value is -2.95. The predicted octanol–water partition coefficient (Wildman–Crippen LogP) is 3.42. The SMILES string of the molecule is CCOc1cc(C=C2Oc3cc(O)ccc3C2=O)ccc1OC. The van der Waals surface area contributed by atoms with E-state index in [1.54, 1.807) is 31.4 Å². The average Bonchev–Trinajstić information content (AvgIpc) is 2.83. The third kappa shape index (κ3) is 2.85. The number of methoxy groups -OCH3 is 1. The monoisotopic (exact) mass is 312 g/mol. The summed E-state index contributed by atoms with van der Waals surface area (Å²) in [5.41, 5.74) is 1.20. The number of benzene rings is 2. The van der Waals surface area contributed by atoms with Crippen LogP contribution in [-0.2, 0) is 0 Å². The van der Waals surface area contributed by atoms with Crippen LogP contribution in [0.3, 0.4) is 0 Å². The Bertz CT molecular complexity index is 792. The Labute approximate surface area is 133 Å². The molecular weight excluding hydrogens is 296 g/mol. The number of carbonyl (C=O) groups excluding carboxylic acids is 1. The minimum absolute atomic E-state index is 0.0564. The lowest BCUT2D eigenvalue weighted by atomic mass is 10.1. The van der Waals surface area contributed by atoms with E-state index in [0.717, 1.165) is 5.56 Å². The third-order valence-electron chi connectivity index (χ3n) is 3.44. The van der Waals surface area contributed by atoms with Gasteiger partial charge >= 0.3 is 0 Å². The summed E-state index contributed by atoms with van der Waals surface area (Å²) in [6, 6.07) is 9.80. The molecule has 2 aromatic rings. The maximum Gasteiger partial charge on any atom is 0.231 e. The van der Waals surface area contributed by atoms with Crippen LogP contribution in [0, 0.1) is 0 Å². The van der Waals surface area contributed by atoms with Gasteiger partial charge in [0.15, 0.2) is 17.3 Å². The second-order valence-electron chi connectivity index (χ2n) is 4.96. The number of hydrogen-bond acceptors (Lipinski definition) is 5. The first kappa shape index (κ1) is 15.0. The average molecular weight is 312 g/mol. The molecule has 0 bridgehead atoms. The van der Waals surface area contributed by atoms with Gasteiger partial charge in [0.1, 0.15) is 11.5 Å². The first-order valence-electron chi connectivity index (χ1n) is 7.20. The number of Topliss-reactive ketones (excluding diaryl/α,β-unsaturated/α-hetero) is 1.